The lowest BCUT2D eigenvalue weighted by molar-refractivity contribution is 0.534. The van der Waals surface area contributed by atoms with Crippen molar-refractivity contribution in [3.05, 3.63) is 23.8 Å². The smallest absolute Gasteiger partial charge is 0.115 e. The quantitative estimate of drug-likeness (QED) is 0.743. The zero-order valence-corrected chi connectivity index (χ0v) is 11.4. The zero-order valence-electron chi connectivity index (χ0n) is 9.82. The predicted octanol–water partition coefficient (Wildman–Crippen LogP) is 0.988. The summed E-state index contributed by atoms with van der Waals surface area (Å²) in [6.45, 7) is 4.56. The number of aromatic nitrogens is 2. The van der Waals surface area contributed by atoms with Crippen LogP contribution >= 0.6 is 24.8 Å². The molecule has 0 spiro atoms. The van der Waals surface area contributed by atoms with Gasteiger partial charge < -0.3 is 10.6 Å². The van der Waals surface area contributed by atoms with Crippen molar-refractivity contribution in [3.8, 4) is 0 Å². The summed E-state index contributed by atoms with van der Waals surface area (Å²) >= 11 is 0. The molecule has 1 fully saturated rings. The molecule has 2 heterocycles. The summed E-state index contributed by atoms with van der Waals surface area (Å²) in [5.74, 6) is 0. The van der Waals surface area contributed by atoms with Crippen molar-refractivity contribution in [1.29, 1.82) is 0 Å². The lowest BCUT2D eigenvalue weighted by atomic mass is 10.3. The summed E-state index contributed by atoms with van der Waals surface area (Å²) in [5, 5.41) is 6.44. The first-order valence-corrected chi connectivity index (χ1v) is 5.66. The number of piperazine rings is 1. The fourth-order valence-electron chi connectivity index (χ4n) is 1.87. The molecule has 0 amide bonds. The van der Waals surface area contributed by atoms with E-state index < -0.39 is 0 Å². The van der Waals surface area contributed by atoms with Crippen molar-refractivity contribution in [1.82, 2.24) is 20.6 Å². The third-order valence-corrected chi connectivity index (χ3v) is 2.70. The second kappa shape index (κ2) is 9.59. The maximum Gasteiger partial charge on any atom is 0.115 e. The van der Waals surface area contributed by atoms with Gasteiger partial charge in [0.15, 0.2) is 0 Å². The average Bonchev–Trinajstić information content (AvgIpc) is 2.80. The Bertz CT molecular complexity index is 271. The third kappa shape index (κ3) is 5.64. The van der Waals surface area contributed by atoms with Gasteiger partial charge >= 0.3 is 0 Å². The lowest BCUT2D eigenvalue weighted by Crippen LogP contribution is -2.39. The Morgan fingerprint density at radius 2 is 1.59 bits per heavy atom. The summed E-state index contributed by atoms with van der Waals surface area (Å²) in [6, 6.07) is 0. The number of hydrogen-bond donors (Lipinski definition) is 2. The number of aryl methyl sites for hydroxylation is 2. The molecule has 4 nitrogen and oxygen atoms in total. The van der Waals surface area contributed by atoms with E-state index in [0.717, 1.165) is 32.6 Å². The second-order valence-corrected chi connectivity index (χ2v) is 3.85. The monoisotopic (exact) mass is 278 g/mol. The molecule has 3 rings (SSSR count). The van der Waals surface area contributed by atoms with Gasteiger partial charge in [0.25, 0.3) is 0 Å². The molecule has 0 aromatic carbocycles. The maximum atomic E-state index is 4.15. The fraction of sp³-hybridized carbons (Fsp3) is 0.636. The molecule has 1 aliphatic heterocycles. The minimum Gasteiger partial charge on any atom is -0.314 e. The summed E-state index contributed by atoms with van der Waals surface area (Å²) in [6.07, 6.45) is 7.14. The van der Waals surface area contributed by atoms with E-state index in [1.807, 2.05) is 6.20 Å². The second-order valence-electron chi connectivity index (χ2n) is 3.85. The van der Waals surface area contributed by atoms with Gasteiger partial charge in [-0.2, -0.15) is 0 Å². The standard InChI is InChI=1S/C7H8N2.C4H10N2.2ClH/c1-2-6-4-8-5-9-7(6)3-1;1-2-6-4-3-5-1;;/h4-5H,1-3H2;5-6H,1-4H2;2*1H. The normalized spacial score (nSPS) is 16.7. The van der Waals surface area contributed by atoms with Gasteiger partial charge in [-0.15, -0.1) is 24.8 Å². The number of halogens is 2. The molecule has 1 saturated heterocycles. The van der Waals surface area contributed by atoms with E-state index in [4.69, 9.17) is 0 Å². The van der Waals surface area contributed by atoms with Gasteiger partial charge in [0, 0.05) is 38.1 Å². The van der Waals surface area contributed by atoms with Crippen LogP contribution in [0.3, 0.4) is 0 Å². The molecule has 0 saturated carbocycles. The molecule has 0 atom stereocenters. The van der Waals surface area contributed by atoms with Crippen LogP contribution in [0.4, 0.5) is 0 Å². The van der Waals surface area contributed by atoms with Gasteiger partial charge in [0.2, 0.25) is 0 Å². The van der Waals surface area contributed by atoms with Crippen LogP contribution in [0.1, 0.15) is 17.7 Å². The number of nitrogens with one attached hydrogen (secondary N) is 2. The Balaban J connectivity index is 0.000000287. The van der Waals surface area contributed by atoms with Crippen LogP contribution < -0.4 is 10.6 Å². The van der Waals surface area contributed by atoms with Crippen LogP contribution in [0.25, 0.3) is 0 Å². The van der Waals surface area contributed by atoms with Crippen molar-refractivity contribution < 1.29 is 0 Å². The van der Waals surface area contributed by atoms with Crippen LogP contribution in [-0.4, -0.2) is 36.1 Å². The molecule has 98 valence electrons. The van der Waals surface area contributed by atoms with Gasteiger partial charge in [0.1, 0.15) is 6.33 Å². The molecule has 6 heteroatoms. The lowest BCUT2D eigenvalue weighted by Gasteiger charge is -2.11. The van der Waals surface area contributed by atoms with Crippen molar-refractivity contribution >= 4 is 24.8 Å². The van der Waals surface area contributed by atoms with Crippen molar-refractivity contribution in [2.24, 2.45) is 0 Å². The van der Waals surface area contributed by atoms with Gasteiger partial charge in [0.05, 0.1) is 0 Å². The molecule has 17 heavy (non-hydrogen) atoms. The SMILES string of the molecule is C1CNCCN1.Cl.Cl.c1ncc2c(n1)CCC2. The highest BCUT2D eigenvalue weighted by Crippen LogP contribution is 2.16. The first-order valence-electron chi connectivity index (χ1n) is 5.66. The van der Waals surface area contributed by atoms with Gasteiger partial charge in [-0.25, -0.2) is 9.97 Å². The minimum absolute atomic E-state index is 0. The third-order valence-electron chi connectivity index (χ3n) is 2.70. The van der Waals surface area contributed by atoms with Crippen LogP contribution in [-0.2, 0) is 12.8 Å². The molecular formula is C11H20Cl2N4. The Morgan fingerprint density at radius 3 is 2.12 bits per heavy atom. The number of hydrogen-bond acceptors (Lipinski definition) is 4. The molecule has 0 radical (unpaired) electrons. The van der Waals surface area contributed by atoms with E-state index in [1.54, 1.807) is 6.33 Å². The van der Waals surface area contributed by atoms with E-state index in [1.165, 1.54) is 24.1 Å². The number of rotatable bonds is 0. The minimum atomic E-state index is 0. The summed E-state index contributed by atoms with van der Waals surface area (Å²) < 4.78 is 0. The fourth-order valence-corrected chi connectivity index (χ4v) is 1.87. The van der Waals surface area contributed by atoms with Crippen LogP contribution in [0, 0.1) is 0 Å². The average molecular weight is 279 g/mol. The van der Waals surface area contributed by atoms with Crippen LogP contribution in [0.2, 0.25) is 0 Å². The van der Waals surface area contributed by atoms with Gasteiger partial charge in [-0.05, 0) is 24.8 Å². The molecule has 2 aliphatic rings. The Hall–Kier alpha value is -0.420. The first kappa shape index (κ1) is 16.6. The summed E-state index contributed by atoms with van der Waals surface area (Å²) in [5.41, 5.74) is 2.60. The Kier molecular flexibility index (Phi) is 9.36. The molecule has 1 aromatic heterocycles. The summed E-state index contributed by atoms with van der Waals surface area (Å²) in [7, 11) is 0. The van der Waals surface area contributed by atoms with Gasteiger partial charge in [-0.3, -0.25) is 0 Å². The Labute approximate surface area is 115 Å². The molecule has 1 aliphatic carbocycles. The maximum absolute atomic E-state index is 4.15. The highest BCUT2D eigenvalue weighted by molar-refractivity contribution is 5.85. The van der Waals surface area contributed by atoms with Crippen LogP contribution in [0.15, 0.2) is 12.5 Å². The summed E-state index contributed by atoms with van der Waals surface area (Å²) in [4.78, 5) is 8.09. The first-order chi connectivity index (χ1) is 7.47. The molecular weight excluding hydrogens is 259 g/mol. The highest BCUT2D eigenvalue weighted by atomic mass is 35.5. The zero-order chi connectivity index (χ0) is 10.3. The molecule has 1 aromatic rings. The predicted molar refractivity (Wildman–Crippen MR) is 74.3 cm³/mol. The largest absolute Gasteiger partial charge is 0.314 e. The van der Waals surface area contributed by atoms with Crippen molar-refractivity contribution in [2.75, 3.05) is 26.2 Å². The number of fused-ring (bicyclic) bond motifs is 1. The topological polar surface area (TPSA) is 49.8 Å². The number of nitrogens with zero attached hydrogens (tertiary/aromatic N) is 2. The van der Waals surface area contributed by atoms with E-state index >= 15 is 0 Å². The van der Waals surface area contributed by atoms with E-state index in [9.17, 15) is 0 Å². The van der Waals surface area contributed by atoms with Gasteiger partial charge in [-0.1, -0.05) is 0 Å². The molecule has 0 unspecified atom stereocenters. The van der Waals surface area contributed by atoms with Crippen molar-refractivity contribution in [3.63, 3.8) is 0 Å². The Morgan fingerprint density at radius 1 is 0.941 bits per heavy atom. The molecule has 2 N–H and O–H groups in total. The van der Waals surface area contributed by atoms with Crippen molar-refractivity contribution in [2.45, 2.75) is 19.3 Å². The molecule has 0 bridgehead atoms. The van der Waals surface area contributed by atoms with E-state index in [2.05, 4.69) is 20.6 Å². The highest BCUT2D eigenvalue weighted by Gasteiger charge is 2.09. The van der Waals surface area contributed by atoms with Crippen LogP contribution in [0.5, 0.6) is 0 Å². The van der Waals surface area contributed by atoms with E-state index in [0.29, 0.717) is 0 Å². The van der Waals surface area contributed by atoms with E-state index in [-0.39, 0.29) is 24.8 Å².